The smallest absolute Gasteiger partial charge is 0.393 e. The second-order valence-electron chi connectivity index (χ2n) is 4.83. The molecular formula is C14H18F3NO2. The van der Waals surface area contributed by atoms with Gasteiger partial charge in [0.25, 0.3) is 0 Å². The molecule has 1 saturated heterocycles. The van der Waals surface area contributed by atoms with Gasteiger partial charge >= 0.3 is 6.18 Å². The Bertz CT molecular complexity index is 462. The monoisotopic (exact) mass is 289 g/mol. The van der Waals surface area contributed by atoms with Crippen molar-refractivity contribution in [1.82, 2.24) is 5.32 Å². The maximum absolute atomic E-state index is 13.2. The van der Waals surface area contributed by atoms with E-state index in [0.717, 1.165) is 0 Å². The maximum atomic E-state index is 13.2. The maximum Gasteiger partial charge on any atom is 0.393 e. The van der Waals surface area contributed by atoms with Gasteiger partial charge in [0.15, 0.2) is 0 Å². The molecule has 3 nitrogen and oxygen atoms in total. The first-order valence-corrected chi connectivity index (χ1v) is 6.49. The number of piperidine rings is 1. The van der Waals surface area contributed by atoms with Gasteiger partial charge in [-0.1, -0.05) is 6.07 Å². The number of halogens is 3. The molecule has 1 fully saturated rings. The molecular weight excluding hydrogens is 271 g/mol. The summed E-state index contributed by atoms with van der Waals surface area (Å²) in [6.07, 6.45) is -3.56. The molecule has 2 rings (SSSR count). The zero-order chi connectivity index (χ0) is 14.8. The number of hydrogen-bond acceptors (Lipinski definition) is 3. The first-order valence-electron chi connectivity index (χ1n) is 6.49. The molecule has 2 atom stereocenters. The van der Waals surface area contributed by atoms with Crippen molar-refractivity contribution in [2.45, 2.75) is 25.1 Å². The Balaban J connectivity index is 2.37. The quantitative estimate of drug-likeness (QED) is 0.926. The Morgan fingerprint density at radius 3 is 2.55 bits per heavy atom. The number of alkyl halides is 3. The van der Waals surface area contributed by atoms with E-state index in [-0.39, 0.29) is 6.42 Å². The van der Waals surface area contributed by atoms with Crippen LogP contribution in [0, 0.1) is 5.92 Å². The zero-order valence-electron chi connectivity index (χ0n) is 11.5. The SMILES string of the molecule is COc1ccc(C2NCCCC2C(F)(F)F)c(OC)c1. The van der Waals surface area contributed by atoms with E-state index in [2.05, 4.69) is 5.32 Å². The summed E-state index contributed by atoms with van der Waals surface area (Å²) in [7, 11) is 2.95. The third kappa shape index (κ3) is 3.00. The van der Waals surface area contributed by atoms with Crippen molar-refractivity contribution in [2.24, 2.45) is 5.92 Å². The van der Waals surface area contributed by atoms with E-state index in [1.54, 1.807) is 18.2 Å². The lowest BCUT2D eigenvalue weighted by molar-refractivity contribution is -0.189. The lowest BCUT2D eigenvalue weighted by Gasteiger charge is -2.35. The van der Waals surface area contributed by atoms with Crippen LogP contribution in [0.1, 0.15) is 24.4 Å². The minimum absolute atomic E-state index is 0.135. The summed E-state index contributed by atoms with van der Waals surface area (Å²) in [4.78, 5) is 0. The minimum atomic E-state index is -4.22. The number of benzene rings is 1. The van der Waals surface area contributed by atoms with Crippen molar-refractivity contribution >= 4 is 0 Å². The number of hydrogen-bond donors (Lipinski definition) is 1. The van der Waals surface area contributed by atoms with E-state index >= 15 is 0 Å². The van der Waals surface area contributed by atoms with Crippen LogP contribution in [0.5, 0.6) is 11.5 Å². The standard InChI is InChI=1S/C14H18F3NO2/c1-19-9-5-6-10(12(8-9)20-2)13-11(14(15,16)17)4-3-7-18-13/h5-6,8,11,13,18H,3-4,7H2,1-2H3. The van der Waals surface area contributed by atoms with E-state index in [0.29, 0.717) is 30.0 Å². The normalized spacial score (nSPS) is 23.4. The van der Waals surface area contributed by atoms with Crippen molar-refractivity contribution in [3.63, 3.8) is 0 Å². The van der Waals surface area contributed by atoms with Gasteiger partial charge in [-0.3, -0.25) is 0 Å². The van der Waals surface area contributed by atoms with Gasteiger partial charge in [-0.2, -0.15) is 13.2 Å². The third-order valence-electron chi connectivity index (χ3n) is 3.65. The molecule has 1 aliphatic rings. The van der Waals surface area contributed by atoms with Crippen LogP contribution in [0.15, 0.2) is 18.2 Å². The van der Waals surface area contributed by atoms with Gasteiger partial charge in [-0.05, 0) is 25.5 Å². The van der Waals surface area contributed by atoms with E-state index in [1.165, 1.54) is 14.2 Å². The van der Waals surface area contributed by atoms with Crippen LogP contribution in [0.2, 0.25) is 0 Å². The molecule has 0 spiro atoms. The van der Waals surface area contributed by atoms with Crippen molar-refractivity contribution < 1.29 is 22.6 Å². The first kappa shape index (κ1) is 15.0. The number of nitrogens with one attached hydrogen (secondary N) is 1. The van der Waals surface area contributed by atoms with E-state index < -0.39 is 18.1 Å². The van der Waals surface area contributed by atoms with Crippen molar-refractivity contribution in [3.05, 3.63) is 23.8 Å². The molecule has 0 bridgehead atoms. The van der Waals surface area contributed by atoms with Crippen LogP contribution in [0.4, 0.5) is 13.2 Å². The molecule has 1 aromatic rings. The predicted molar refractivity (Wildman–Crippen MR) is 69.1 cm³/mol. The van der Waals surface area contributed by atoms with Gasteiger partial charge < -0.3 is 14.8 Å². The molecule has 0 aliphatic carbocycles. The summed E-state index contributed by atoms with van der Waals surface area (Å²) >= 11 is 0. The highest BCUT2D eigenvalue weighted by Gasteiger charge is 2.46. The molecule has 0 saturated carbocycles. The lowest BCUT2D eigenvalue weighted by Crippen LogP contribution is -2.41. The van der Waals surface area contributed by atoms with Crippen LogP contribution in [0.3, 0.4) is 0 Å². The van der Waals surface area contributed by atoms with Crippen molar-refractivity contribution in [1.29, 1.82) is 0 Å². The van der Waals surface area contributed by atoms with Crippen LogP contribution in [-0.4, -0.2) is 26.9 Å². The van der Waals surface area contributed by atoms with E-state index in [9.17, 15) is 13.2 Å². The molecule has 1 aliphatic heterocycles. The molecule has 1 aromatic carbocycles. The number of rotatable bonds is 3. The van der Waals surface area contributed by atoms with Crippen LogP contribution < -0.4 is 14.8 Å². The van der Waals surface area contributed by atoms with Gasteiger partial charge in [0.05, 0.1) is 20.1 Å². The Morgan fingerprint density at radius 1 is 1.20 bits per heavy atom. The summed E-state index contributed by atoms with van der Waals surface area (Å²) in [6, 6.07) is 4.13. The highest BCUT2D eigenvalue weighted by molar-refractivity contribution is 5.43. The van der Waals surface area contributed by atoms with E-state index in [1.807, 2.05) is 0 Å². The molecule has 2 unspecified atom stereocenters. The average molecular weight is 289 g/mol. The van der Waals surface area contributed by atoms with Crippen molar-refractivity contribution in [2.75, 3.05) is 20.8 Å². The van der Waals surface area contributed by atoms with Gasteiger partial charge in [0, 0.05) is 17.7 Å². The lowest BCUT2D eigenvalue weighted by atomic mass is 9.85. The van der Waals surface area contributed by atoms with Crippen LogP contribution >= 0.6 is 0 Å². The highest BCUT2D eigenvalue weighted by Crippen LogP contribution is 2.44. The molecule has 1 N–H and O–H groups in total. The number of ether oxygens (including phenoxy) is 2. The summed E-state index contributed by atoms with van der Waals surface area (Å²) in [5, 5.41) is 2.96. The Morgan fingerprint density at radius 2 is 1.95 bits per heavy atom. The van der Waals surface area contributed by atoms with Gasteiger partial charge in [-0.25, -0.2) is 0 Å². The first-order chi connectivity index (χ1) is 9.47. The Hall–Kier alpha value is -1.43. The van der Waals surface area contributed by atoms with Crippen LogP contribution in [-0.2, 0) is 0 Å². The van der Waals surface area contributed by atoms with E-state index in [4.69, 9.17) is 9.47 Å². The fraction of sp³-hybridized carbons (Fsp3) is 0.571. The molecule has 112 valence electrons. The third-order valence-corrected chi connectivity index (χ3v) is 3.65. The second kappa shape index (κ2) is 5.91. The van der Waals surface area contributed by atoms with Crippen molar-refractivity contribution in [3.8, 4) is 11.5 Å². The predicted octanol–water partition coefficient (Wildman–Crippen LogP) is 3.31. The largest absolute Gasteiger partial charge is 0.497 e. The number of methoxy groups -OCH3 is 2. The fourth-order valence-electron chi connectivity index (χ4n) is 2.64. The summed E-state index contributed by atoms with van der Waals surface area (Å²) in [5.74, 6) is -0.415. The van der Waals surface area contributed by atoms with Crippen LogP contribution in [0.25, 0.3) is 0 Å². The topological polar surface area (TPSA) is 30.5 Å². The summed E-state index contributed by atoms with van der Waals surface area (Å²) in [5.41, 5.74) is 0.523. The Kier molecular flexibility index (Phi) is 4.42. The van der Waals surface area contributed by atoms with Gasteiger partial charge in [-0.15, -0.1) is 0 Å². The van der Waals surface area contributed by atoms with Gasteiger partial charge in [0.1, 0.15) is 11.5 Å². The second-order valence-corrected chi connectivity index (χ2v) is 4.83. The highest BCUT2D eigenvalue weighted by atomic mass is 19.4. The van der Waals surface area contributed by atoms with Gasteiger partial charge in [0.2, 0.25) is 0 Å². The molecule has 20 heavy (non-hydrogen) atoms. The summed E-state index contributed by atoms with van der Waals surface area (Å²) < 4.78 is 49.7. The Labute approximate surface area is 116 Å². The zero-order valence-corrected chi connectivity index (χ0v) is 11.5. The molecule has 1 heterocycles. The molecule has 0 aromatic heterocycles. The molecule has 6 heteroatoms. The summed E-state index contributed by atoms with van der Waals surface area (Å²) in [6.45, 7) is 0.576. The minimum Gasteiger partial charge on any atom is -0.497 e. The fourth-order valence-corrected chi connectivity index (χ4v) is 2.64. The molecule has 0 amide bonds. The molecule has 0 radical (unpaired) electrons. The average Bonchev–Trinajstić information content (AvgIpc) is 2.45.